The number of anilines is 1. The SMILES string of the molecule is CN(C1CN(c2ccc(C(C)(C)C)nn2)C1)S(=O)(=O)c1cccc2cccnc12. The average molecular weight is 412 g/mol. The maximum atomic E-state index is 13.2. The van der Waals surface area contributed by atoms with Crippen molar-refractivity contribution >= 4 is 26.7 Å². The Bertz CT molecular complexity index is 1130. The Morgan fingerprint density at radius 3 is 2.41 bits per heavy atom. The first-order chi connectivity index (χ1) is 13.7. The first kappa shape index (κ1) is 19.7. The molecule has 0 amide bonds. The molecule has 1 saturated heterocycles. The van der Waals surface area contributed by atoms with E-state index in [2.05, 4.69) is 36.0 Å². The van der Waals surface area contributed by atoms with Crippen molar-refractivity contribution in [3.05, 3.63) is 54.4 Å². The number of hydrogen-bond donors (Lipinski definition) is 0. The van der Waals surface area contributed by atoms with E-state index in [1.807, 2.05) is 29.2 Å². The van der Waals surface area contributed by atoms with E-state index in [0.29, 0.717) is 18.6 Å². The van der Waals surface area contributed by atoms with Crippen LogP contribution in [-0.2, 0) is 15.4 Å². The summed E-state index contributed by atoms with van der Waals surface area (Å²) >= 11 is 0. The molecule has 4 rings (SSSR count). The lowest BCUT2D eigenvalue weighted by Gasteiger charge is -2.43. The lowest BCUT2D eigenvalue weighted by atomic mass is 9.92. The lowest BCUT2D eigenvalue weighted by Crippen LogP contribution is -2.60. The molecule has 1 fully saturated rings. The number of para-hydroxylation sites is 1. The topological polar surface area (TPSA) is 79.3 Å². The third kappa shape index (κ3) is 3.58. The minimum Gasteiger partial charge on any atom is -0.352 e. The Labute approximate surface area is 171 Å². The minimum atomic E-state index is -3.65. The van der Waals surface area contributed by atoms with Crippen LogP contribution in [0.25, 0.3) is 10.9 Å². The molecule has 0 unspecified atom stereocenters. The minimum absolute atomic E-state index is 0.0518. The summed E-state index contributed by atoms with van der Waals surface area (Å²) < 4.78 is 27.9. The number of pyridine rings is 1. The van der Waals surface area contributed by atoms with Crippen molar-refractivity contribution in [1.82, 2.24) is 19.5 Å². The van der Waals surface area contributed by atoms with E-state index in [9.17, 15) is 8.42 Å². The molecule has 1 aliphatic rings. The molecule has 0 radical (unpaired) electrons. The van der Waals surface area contributed by atoms with E-state index in [1.165, 1.54) is 4.31 Å². The van der Waals surface area contributed by atoms with Crippen LogP contribution < -0.4 is 4.90 Å². The van der Waals surface area contributed by atoms with Crippen molar-refractivity contribution in [2.45, 2.75) is 37.1 Å². The zero-order chi connectivity index (χ0) is 20.8. The van der Waals surface area contributed by atoms with E-state index in [4.69, 9.17) is 0 Å². The van der Waals surface area contributed by atoms with E-state index < -0.39 is 10.0 Å². The van der Waals surface area contributed by atoms with Gasteiger partial charge >= 0.3 is 0 Å². The molecule has 0 aliphatic carbocycles. The number of benzene rings is 1. The largest absolute Gasteiger partial charge is 0.352 e. The van der Waals surface area contributed by atoms with E-state index in [-0.39, 0.29) is 16.4 Å². The second-order valence-electron chi connectivity index (χ2n) is 8.44. The van der Waals surface area contributed by atoms with Crippen molar-refractivity contribution in [2.24, 2.45) is 0 Å². The van der Waals surface area contributed by atoms with E-state index in [0.717, 1.165) is 16.9 Å². The first-order valence-electron chi connectivity index (χ1n) is 9.59. The van der Waals surface area contributed by atoms with Gasteiger partial charge in [0.1, 0.15) is 4.90 Å². The van der Waals surface area contributed by atoms with Crippen LogP contribution in [0.2, 0.25) is 0 Å². The highest BCUT2D eigenvalue weighted by molar-refractivity contribution is 7.89. The molecular formula is C21H25N5O2S. The monoisotopic (exact) mass is 411 g/mol. The van der Waals surface area contributed by atoms with Crippen molar-refractivity contribution in [3.63, 3.8) is 0 Å². The molecule has 8 heteroatoms. The van der Waals surface area contributed by atoms with Crippen molar-refractivity contribution in [3.8, 4) is 0 Å². The molecule has 3 aromatic rings. The fourth-order valence-corrected chi connectivity index (χ4v) is 4.90. The van der Waals surface area contributed by atoms with Crippen molar-refractivity contribution < 1.29 is 8.42 Å². The normalized spacial score (nSPS) is 15.7. The molecule has 1 aliphatic heterocycles. The van der Waals surface area contributed by atoms with Crippen LogP contribution in [0.4, 0.5) is 5.82 Å². The summed E-state index contributed by atoms with van der Waals surface area (Å²) in [6.07, 6.45) is 1.62. The van der Waals surface area contributed by atoms with Crippen molar-refractivity contribution in [2.75, 3.05) is 25.0 Å². The van der Waals surface area contributed by atoms with Crippen LogP contribution in [0, 0.1) is 0 Å². The zero-order valence-corrected chi connectivity index (χ0v) is 17.9. The maximum Gasteiger partial charge on any atom is 0.245 e. The molecule has 7 nitrogen and oxygen atoms in total. The van der Waals surface area contributed by atoms with Gasteiger partial charge in [-0.3, -0.25) is 4.98 Å². The molecule has 1 aromatic carbocycles. The van der Waals surface area contributed by atoms with Crippen LogP contribution in [0.3, 0.4) is 0 Å². The number of nitrogens with zero attached hydrogens (tertiary/aromatic N) is 5. The Morgan fingerprint density at radius 2 is 1.76 bits per heavy atom. The molecule has 29 heavy (non-hydrogen) atoms. The first-order valence-corrected chi connectivity index (χ1v) is 11.0. The van der Waals surface area contributed by atoms with Gasteiger partial charge < -0.3 is 4.90 Å². The summed E-state index contributed by atoms with van der Waals surface area (Å²) in [7, 11) is -2.02. The van der Waals surface area contributed by atoms with Gasteiger partial charge in [-0.2, -0.15) is 9.40 Å². The van der Waals surface area contributed by atoms with Gasteiger partial charge in [0.15, 0.2) is 5.82 Å². The molecule has 2 aromatic heterocycles. The molecule has 152 valence electrons. The Balaban J connectivity index is 1.51. The number of fused-ring (bicyclic) bond motifs is 1. The third-order valence-electron chi connectivity index (χ3n) is 5.37. The number of sulfonamides is 1. The summed E-state index contributed by atoms with van der Waals surface area (Å²) in [5.74, 6) is 0.770. The summed E-state index contributed by atoms with van der Waals surface area (Å²) in [5.41, 5.74) is 1.38. The number of likely N-dealkylation sites (N-methyl/N-ethyl adjacent to an activating group) is 1. The van der Waals surface area contributed by atoms with Crippen LogP contribution >= 0.6 is 0 Å². The molecule has 0 N–H and O–H groups in total. The van der Waals surface area contributed by atoms with Crippen LogP contribution in [0.5, 0.6) is 0 Å². The predicted molar refractivity (Wildman–Crippen MR) is 113 cm³/mol. The summed E-state index contributed by atoms with van der Waals surface area (Å²) in [6, 6.07) is 12.7. The molecule has 0 atom stereocenters. The molecule has 0 spiro atoms. The van der Waals surface area contributed by atoms with Gasteiger partial charge in [-0.1, -0.05) is 39.0 Å². The van der Waals surface area contributed by atoms with Gasteiger partial charge in [-0.25, -0.2) is 8.42 Å². The summed E-state index contributed by atoms with van der Waals surface area (Å²) in [4.78, 5) is 6.57. The van der Waals surface area contributed by atoms with Gasteiger partial charge in [-0.05, 0) is 24.3 Å². The van der Waals surface area contributed by atoms with Gasteiger partial charge in [0.25, 0.3) is 0 Å². The highest BCUT2D eigenvalue weighted by Gasteiger charge is 2.38. The molecule has 3 heterocycles. The Morgan fingerprint density at radius 1 is 1.03 bits per heavy atom. The fourth-order valence-electron chi connectivity index (χ4n) is 3.40. The second kappa shape index (κ2) is 7.03. The summed E-state index contributed by atoms with van der Waals surface area (Å²) in [5, 5.41) is 9.45. The zero-order valence-electron chi connectivity index (χ0n) is 17.1. The Hall–Kier alpha value is -2.58. The van der Waals surface area contributed by atoms with Gasteiger partial charge in [-0.15, -0.1) is 5.10 Å². The number of aromatic nitrogens is 3. The van der Waals surface area contributed by atoms with Crippen molar-refractivity contribution in [1.29, 1.82) is 0 Å². The second-order valence-corrected chi connectivity index (χ2v) is 10.4. The highest BCUT2D eigenvalue weighted by atomic mass is 32.2. The summed E-state index contributed by atoms with van der Waals surface area (Å²) in [6.45, 7) is 7.45. The number of hydrogen-bond acceptors (Lipinski definition) is 6. The lowest BCUT2D eigenvalue weighted by molar-refractivity contribution is 0.309. The van der Waals surface area contributed by atoms with Gasteiger partial charge in [0, 0.05) is 37.1 Å². The van der Waals surface area contributed by atoms with Gasteiger partial charge in [0.2, 0.25) is 10.0 Å². The Kier molecular flexibility index (Phi) is 4.78. The highest BCUT2D eigenvalue weighted by Crippen LogP contribution is 2.29. The fraction of sp³-hybridized carbons (Fsp3) is 0.381. The number of rotatable bonds is 4. The van der Waals surface area contributed by atoms with Crippen LogP contribution in [-0.4, -0.2) is 54.1 Å². The standard InChI is InChI=1S/C21H25N5O2S/c1-21(2,3)18-10-11-19(24-23-18)26-13-16(14-26)25(4)29(27,28)17-9-5-7-15-8-6-12-22-20(15)17/h5-12,16H,13-14H2,1-4H3. The average Bonchev–Trinajstić information content (AvgIpc) is 2.66. The van der Waals surface area contributed by atoms with Crippen LogP contribution in [0.1, 0.15) is 26.5 Å². The van der Waals surface area contributed by atoms with Gasteiger partial charge in [0.05, 0.1) is 17.3 Å². The van der Waals surface area contributed by atoms with E-state index >= 15 is 0 Å². The molecule has 0 bridgehead atoms. The van der Waals surface area contributed by atoms with E-state index in [1.54, 1.807) is 31.4 Å². The predicted octanol–water partition coefficient (Wildman–Crippen LogP) is 2.83. The molecule has 0 saturated carbocycles. The third-order valence-corrected chi connectivity index (χ3v) is 7.31. The maximum absolute atomic E-state index is 13.2. The quantitative estimate of drug-likeness (QED) is 0.657. The smallest absolute Gasteiger partial charge is 0.245 e. The van der Waals surface area contributed by atoms with Crippen LogP contribution in [0.15, 0.2) is 53.6 Å². The molecular weight excluding hydrogens is 386 g/mol.